The molecular formula is C31H36Cl2N2O6. The van der Waals surface area contributed by atoms with Gasteiger partial charge < -0.3 is 29.5 Å². The SMILES string of the molecule is CCOC(Cc1ccc(OCCN(CCOCc2cc(Cl)cc(Cl)c2)C(=O)NCCc2ccccc2)cc1)C(=O)O. The largest absolute Gasteiger partial charge is 0.492 e. The Labute approximate surface area is 251 Å². The zero-order valence-corrected chi connectivity index (χ0v) is 24.6. The molecule has 0 aliphatic carbocycles. The number of ether oxygens (including phenoxy) is 3. The van der Waals surface area contributed by atoms with E-state index in [2.05, 4.69) is 5.32 Å². The van der Waals surface area contributed by atoms with Crippen molar-refractivity contribution in [2.24, 2.45) is 0 Å². The number of rotatable bonds is 17. The number of hydrogen-bond donors (Lipinski definition) is 2. The molecule has 0 bridgehead atoms. The summed E-state index contributed by atoms with van der Waals surface area (Å²) in [6.07, 6.45) is 0.0992. The standard InChI is InChI=1S/C31H36Cl2N2O6/c1-2-40-29(30(36)37)20-24-8-10-28(11-9-24)41-17-15-35(31(38)34-13-12-23-6-4-3-5-7-23)14-16-39-22-25-18-26(32)21-27(33)19-25/h3-11,18-19,21,29H,2,12-17,20,22H2,1H3,(H,34,38)(H,36,37). The molecule has 1 unspecified atom stereocenters. The summed E-state index contributed by atoms with van der Waals surface area (Å²) in [6.45, 7) is 4.21. The first-order chi connectivity index (χ1) is 19.8. The van der Waals surface area contributed by atoms with Crippen LogP contribution in [0, 0.1) is 0 Å². The molecular weight excluding hydrogens is 567 g/mol. The van der Waals surface area contributed by atoms with Gasteiger partial charge >= 0.3 is 12.0 Å². The fraction of sp³-hybridized carbons (Fsp3) is 0.355. The Kier molecular flexibility index (Phi) is 13.8. The first-order valence-electron chi connectivity index (χ1n) is 13.5. The predicted octanol–water partition coefficient (Wildman–Crippen LogP) is 5.88. The minimum absolute atomic E-state index is 0.204. The van der Waals surface area contributed by atoms with Crippen molar-refractivity contribution < 1.29 is 28.9 Å². The number of nitrogens with one attached hydrogen (secondary N) is 1. The molecule has 0 aliphatic rings. The third-order valence-corrected chi connectivity index (χ3v) is 6.57. The van der Waals surface area contributed by atoms with Gasteiger partial charge in [0.05, 0.1) is 19.8 Å². The maximum Gasteiger partial charge on any atom is 0.333 e. The van der Waals surface area contributed by atoms with E-state index in [0.717, 1.165) is 23.1 Å². The minimum Gasteiger partial charge on any atom is -0.492 e. The molecule has 0 spiro atoms. The molecule has 2 N–H and O–H groups in total. The molecule has 0 radical (unpaired) electrons. The smallest absolute Gasteiger partial charge is 0.333 e. The second kappa shape index (κ2) is 17.5. The lowest BCUT2D eigenvalue weighted by atomic mass is 10.1. The van der Waals surface area contributed by atoms with Gasteiger partial charge in [-0.1, -0.05) is 65.7 Å². The maximum absolute atomic E-state index is 13.0. The Hall–Kier alpha value is -3.30. The zero-order chi connectivity index (χ0) is 29.5. The van der Waals surface area contributed by atoms with Crippen LogP contribution in [0.3, 0.4) is 0 Å². The lowest BCUT2D eigenvalue weighted by Crippen LogP contribution is -2.44. The number of halogens is 2. The first-order valence-corrected chi connectivity index (χ1v) is 14.2. The molecule has 0 saturated carbocycles. The van der Waals surface area contributed by atoms with Gasteiger partial charge in [0.2, 0.25) is 0 Å². The topological polar surface area (TPSA) is 97.3 Å². The second-order valence-corrected chi connectivity index (χ2v) is 10.1. The molecule has 220 valence electrons. The lowest BCUT2D eigenvalue weighted by molar-refractivity contribution is -0.149. The van der Waals surface area contributed by atoms with Crippen LogP contribution >= 0.6 is 23.2 Å². The molecule has 2 amide bonds. The minimum atomic E-state index is -0.991. The summed E-state index contributed by atoms with van der Waals surface area (Å²) in [6, 6.07) is 22.2. The molecule has 0 fully saturated rings. The van der Waals surface area contributed by atoms with Crippen molar-refractivity contribution in [1.29, 1.82) is 0 Å². The number of urea groups is 1. The first kappa shape index (κ1) is 32.2. The van der Waals surface area contributed by atoms with Crippen LogP contribution in [0.2, 0.25) is 10.0 Å². The zero-order valence-electron chi connectivity index (χ0n) is 23.1. The highest BCUT2D eigenvalue weighted by Crippen LogP contribution is 2.19. The number of amides is 2. The number of benzene rings is 3. The third-order valence-electron chi connectivity index (χ3n) is 6.13. The van der Waals surface area contributed by atoms with E-state index in [1.54, 1.807) is 42.2 Å². The number of carboxylic acid groups (broad SMARTS) is 1. The molecule has 8 nitrogen and oxygen atoms in total. The van der Waals surface area contributed by atoms with Crippen LogP contribution in [0.15, 0.2) is 72.8 Å². The fourth-order valence-electron chi connectivity index (χ4n) is 4.07. The number of aliphatic carboxylic acids is 1. The molecule has 10 heteroatoms. The predicted molar refractivity (Wildman–Crippen MR) is 160 cm³/mol. The summed E-state index contributed by atoms with van der Waals surface area (Å²) < 4.78 is 17.0. The quantitative estimate of drug-likeness (QED) is 0.187. The molecule has 3 aromatic carbocycles. The van der Waals surface area contributed by atoms with E-state index in [4.69, 9.17) is 37.4 Å². The van der Waals surface area contributed by atoms with Gasteiger partial charge in [0.15, 0.2) is 6.10 Å². The van der Waals surface area contributed by atoms with Crippen molar-refractivity contribution in [2.75, 3.05) is 39.5 Å². The molecule has 41 heavy (non-hydrogen) atoms. The van der Waals surface area contributed by atoms with E-state index in [-0.39, 0.29) is 19.1 Å². The molecule has 0 saturated heterocycles. The Balaban J connectivity index is 1.51. The molecule has 0 aliphatic heterocycles. The lowest BCUT2D eigenvalue weighted by Gasteiger charge is -2.23. The Morgan fingerprint density at radius 3 is 2.24 bits per heavy atom. The Bertz CT molecular complexity index is 1210. The van der Waals surface area contributed by atoms with E-state index in [9.17, 15) is 14.7 Å². The third kappa shape index (κ3) is 12.0. The van der Waals surface area contributed by atoms with Crippen molar-refractivity contribution in [2.45, 2.75) is 32.5 Å². The van der Waals surface area contributed by atoms with Crippen molar-refractivity contribution >= 4 is 35.2 Å². The van der Waals surface area contributed by atoms with Gasteiger partial charge in [0.25, 0.3) is 0 Å². The average Bonchev–Trinajstić information content (AvgIpc) is 2.95. The fourth-order valence-corrected chi connectivity index (χ4v) is 4.64. The summed E-state index contributed by atoms with van der Waals surface area (Å²) in [7, 11) is 0. The van der Waals surface area contributed by atoms with Crippen molar-refractivity contribution in [3.05, 3.63) is 99.5 Å². The normalized spacial score (nSPS) is 11.6. The van der Waals surface area contributed by atoms with Gasteiger partial charge in [0.1, 0.15) is 12.4 Å². The van der Waals surface area contributed by atoms with E-state index in [0.29, 0.717) is 55.2 Å². The van der Waals surface area contributed by atoms with Gasteiger partial charge in [-0.25, -0.2) is 9.59 Å². The van der Waals surface area contributed by atoms with Crippen molar-refractivity contribution in [1.82, 2.24) is 10.2 Å². The summed E-state index contributed by atoms with van der Waals surface area (Å²) in [5.74, 6) is -0.370. The van der Waals surface area contributed by atoms with Crippen LogP contribution in [0.1, 0.15) is 23.6 Å². The van der Waals surface area contributed by atoms with E-state index < -0.39 is 12.1 Å². The van der Waals surface area contributed by atoms with Crippen LogP contribution in [0.25, 0.3) is 0 Å². The van der Waals surface area contributed by atoms with Gasteiger partial charge in [-0.3, -0.25) is 0 Å². The van der Waals surface area contributed by atoms with Crippen LogP contribution in [-0.2, 0) is 33.7 Å². The van der Waals surface area contributed by atoms with Crippen molar-refractivity contribution in [3.8, 4) is 5.75 Å². The number of hydrogen-bond acceptors (Lipinski definition) is 5. The molecule has 3 aromatic rings. The average molecular weight is 604 g/mol. The number of carbonyl (C=O) groups is 2. The number of nitrogens with zero attached hydrogens (tertiary/aromatic N) is 1. The Morgan fingerprint density at radius 1 is 0.902 bits per heavy atom. The van der Waals surface area contributed by atoms with Crippen molar-refractivity contribution in [3.63, 3.8) is 0 Å². The number of carboxylic acids is 1. The van der Waals surface area contributed by atoms with Crippen LogP contribution < -0.4 is 10.1 Å². The molecule has 1 atom stereocenters. The van der Waals surface area contributed by atoms with Gasteiger partial charge in [-0.2, -0.15) is 0 Å². The van der Waals surface area contributed by atoms with Crippen LogP contribution in [0.5, 0.6) is 5.75 Å². The van der Waals surface area contributed by atoms with E-state index in [1.165, 1.54) is 0 Å². The summed E-state index contributed by atoms with van der Waals surface area (Å²) >= 11 is 12.1. The molecule has 0 heterocycles. The molecule has 3 rings (SSSR count). The summed E-state index contributed by atoms with van der Waals surface area (Å²) in [5, 5.41) is 13.4. The van der Waals surface area contributed by atoms with Gasteiger partial charge in [-0.05, 0) is 60.4 Å². The van der Waals surface area contributed by atoms with E-state index >= 15 is 0 Å². The second-order valence-electron chi connectivity index (χ2n) is 9.26. The summed E-state index contributed by atoms with van der Waals surface area (Å²) in [5.41, 5.74) is 2.82. The molecule has 0 aromatic heterocycles. The highest BCUT2D eigenvalue weighted by molar-refractivity contribution is 6.34. The summed E-state index contributed by atoms with van der Waals surface area (Å²) in [4.78, 5) is 26.0. The maximum atomic E-state index is 13.0. The number of carbonyl (C=O) groups excluding carboxylic acids is 1. The van der Waals surface area contributed by atoms with Crippen LogP contribution in [-0.4, -0.2) is 67.6 Å². The van der Waals surface area contributed by atoms with Gasteiger partial charge in [-0.15, -0.1) is 0 Å². The highest BCUT2D eigenvalue weighted by atomic mass is 35.5. The highest BCUT2D eigenvalue weighted by Gasteiger charge is 2.18. The Morgan fingerprint density at radius 2 is 1.59 bits per heavy atom. The van der Waals surface area contributed by atoms with Gasteiger partial charge in [0, 0.05) is 36.2 Å². The monoisotopic (exact) mass is 602 g/mol. The van der Waals surface area contributed by atoms with Crippen LogP contribution in [0.4, 0.5) is 4.79 Å². The van der Waals surface area contributed by atoms with E-state index in [1.807, 2.05) is 42.5 Å².